The maximum atomic E-state index is 12.6. The van der Waals surface area contributed by atoms with Crippen LogP contribution in [-0.4, -0.2) is 18.0 Å². The number of anilines is 1. The molecule has 0 fully saturated rings. The molecule has 1 heterocycles. The first-order chi connectivity index (χ1) is 13.4. The molecular formula is C22H21N3O3. The standard InChI is InChI=1S/C22H21N3O3/c1-13-8-9-15-10-16(21(26)25-20(15)14(13)2)11-17(12-23)22(27)24-18-6-4-5-7-19(18)28-3/h4-10,17H,11H2,1-3H3,(H,24,27)(H,25,26)/t17-/m0/s1. The molecule has 0 saturated carbocycles. The molecule has 6 nitrogen and oxygen atoms in total. The predicted molar refractivity (Wildman–Crippen MR) is 108 cm³/mol. The Labute approximate surface area is 162 Å². The van der Waals surface area contributed by atoms with Crippen molar-refractivity contribution in [3.8, 4) is 11.8 Å². The topological polar surface area (TPSA) is 95.0 Å². The van der Waals surface area contributed by atoms with E-state index in [9.17, 15) is 14.9 Å². The van der Waals surface area contributed by atoms with Gasteiger partial charge in [0.15, 0.2) is 0 Å². The van der Waals surface area contributed by atoms with Gasteiger partial charge in [0.05, 0.1) is 24.4 Å². The SMILES string of the molecule is COc1ccccc1NC(=O)[C@H](C#N)Cc1cc2ccc(C)c(C)c2[nH]c1=O. The van der Waals surface area contributed by atoms with Gasteiger partial charge in [-0.2, -0.15) is 5.26 Å². The molecule has 0 aliphatic rings. The van der Waals surface area contributed by atoms with E-state index in [0.717, 1.165) is 22.0 Å². The number of aromatic amines is 1. The average molecular weight is 375 g/mol. The van der Waals surface area contributed by atoms with Crippen molar-refractivity contribution in [2.75, 3.05) is 12.4 Å². The summed E-state index contributed by atoms with van der Waals surface area (Å²) < 4.78 is 5.21. The van der Waals surface area contributed by atoms with Gasteiger partial charge >= 0.3 is 0 Å². The summed E-state index contributed by atoms with van der Waals surface area (Å²) in [6, 6.07) is 14.6. The van der Waals surface area contributed by atoms with E-state index in [0.29, 0.717) is 17.0 Å². The first kappa shape index (κ1) is 19.2. The van der Waals surface area contributed by atoms with Gasteiger partial charge in [0.1, 0.15) is 11.7 Å². The molecule has 0 aliphatic heterocycles. The smallest absolute Gasteiger partial charge is 0.251 e. The minimum Gasteiger partial charge on any atom is -0.495 e. The van der Waals surface area contributed by atoms with E-state index in [1.54, 1.807) is 30.3 Å². The van der Waals surface area contributed by atoms with Crippen LogP contribution in [-0.2, 0) is 11.2 Å². The first-order valence-corrected chi connectivity index (χ1v) is 8.90. The number of para-hydroxylation sites is 2. The normalized spacial score (nSPS) is 11.6. The Kier molecular flexibility index (Phi) is 5.46. The molecule has 0 spiro atoms. The number of hydrogen-bond donors (Lipinski definition) is 2. The van der Waals surface area contributed by atoms with Crippen LogP contribution in [0.25, 0.3) is 10.9 Å². The van der Waals surface area contributed by atoms with E-state index >= 15 is 0 Å². The minimum atomic E-state index is -1.00. The highest BCUT2D eigenvalue weighted by atomic mass is 16.5. The molecule has 2 N–H and O–H groups in total. The van der Waals surface area contributed by atoms with Crippen LogP contribution in [0.2, 0.25) is 0 Å². The summed E-state index contributed by atoms with van der Waals surface area (Å²) in [5.41, 5.74) is 3.47. The number of hydrogen-bond acceptors (Lipinski definition) is 4. The Bertz CT molecular complexity index is 1140. The lowest BCUT2D eigenvalue weighted by Crippen LogP contribution is -2.26. The number of benzene rings is 2. The summed E-state index contributed by atoms with van der Waals surface area (Å²) in [5, 5.41) is 13.1. The number of nitrogens with zero attached hydrogens (tertiary/aromatic N) is 1. The number of nitrogens with one attached hydrogen (secondary N) is 2. The molecule has 2 aromatic carbocycles. The van der Waals surface area contributed by atoms with Crippen molar-refractivity contribution in [3.05, 3.63) is 69.5 Å². The summed E-state index contributed by atoms with van der Waals surface area (Å²) in [7, 11) is 1.51. The lowest BCUT2D eigenvalue weighted by Gasteiger charge is -2.13. The third-order valence-corrected chi connectivity index (χ3v) is 4.89. The second kappa shape index (κ2) is 7.97. The molecule has 3 rings (SSSR count). The van der Waals surface area contributed by atoms with Crippen molar-refractivity contribution in [1.82, 2.24) is 4.98 Å². The zero-order valence-corrected chi connectivity index (χ0v) is 16.0. The van der Waals surface area contributed by atoms with Crippen LogP contribution in [0.5, 0.6) is 5.75 Å². The Morgan fingerprint density at radius 2 is 2.00 bits per heavy atom. The van der Waals surface area contributed by atoms with E-state index in [4.69, 9.17) is 4.74 Å². The fraction of sp³-hybridized carbons (Fsp3) is 0.227. The minimum absolute atomic E-state index is 0.0235. The number of methoxy groups -OCH3 is 1. The molecule has 1 aromatic heterocycles. The summed E-state index contributed by atoms with van der Waals surface area (Å²) in [5.74, 6) is -0.983. The number of rotatable bonds is 5. The molecule has 1 atom stereocenters. The Hall–Kier alpha value is -3.59. The quantitative estimate of drug-likeness (QED) is 0.714. The van der Waals surface area contributed by atoms with Gasteiger partial charge < -0.3 is 15.0 Å². The molecule has 6 heteroatoms. The maximum Gasteiger partial charge on any atom is 0.251 e. The van der Waals surface area contributed by atoms with Gasteiger partial charge in [-0.05, 0) is 48.6 Å². The van der Waals surface area contributed by atoms with Crippen molar-refractivity contribution in [2.45, 2.75) is 20.3 Å². The molecule has 1 amide bonds. The van der Waals surface area contributed by atoms with Crippen molar-refractivity contribution >= 4 is 22.5 Å². The highest BCUT2D eigenvalue weighted by molar-refractivity contribution is 5.95. The van der Waals surface area contributed by atoms with Crippen molar-refractivity contribution in [1.29, 1.82) is 5.26 Å². The molecule has 3 aromatic rings. The fourth-order valence-corrected chi connectivity index (χ4v) is 3.11. The molecule has 142 valence electrons. The fourth-order valence-electron chi connectivity index (χ4n) is 3.11. The number of amides is 1. The molecular weight excluding hydrogens is 354 g/mol. The predicted octanol–water partition coefficient (Wildman–Crippen LogP) is 3.47. The van der Waals surface area contributed by atoms with Crippen molar-refractivity contribution in [3.63, 3.8) is 0 Å². The third kappa shape index (κ3) is 3.74. The van der Waals surface area contributed by atoms with Crippen LogP contribution >= 0.6 is 0 Å². The second-order valence-electron chi connectivity index (χ2n) is 6.67. The highest BCUT2D eigenvalue weighted by Gasteiger charge is 2.21. The number of nitriles is 1. The average Bonchev–Trinajstić information content (AvgIpc) is 2.70. The van der Waals surface area contributed by atoms with Crippen molar-refractivity contribution < 1.29 is 9.53 Å². The van der Waals surface area contributed by atoms with Crippen molar-refractivity contribution in [2.24, 2.45) is 5.92 Å². The number of H-pyrrole nitrogens is 1. The number of carbonyl (C=O) groups is 1. The van der Waals surface area contributed by atoms with Gasteiger partial charge in [-0.3, -0.25) is 9.59 Å². The summed E-state index contributed by atoms with van der Waals surface area (Å²) in [6.07, 6.45) is 0.0235. The molecule has 0 bridgehead atoms. The zero-order valence-electron chi connectivity index (χ0n) is 16.0. The first-order valence-electron chi connectivity index (χ1n) is 8.90. The second-order valence-corrected chi connectivity index (χ2v) is 6.67. The van der Waals surface area contributed by atoms with Crippen LogP contribution < -0.4 is 15.6 Å². The van der Waals surface area contributed by atoms with Crippen LogP contribution in [0.15, 0.2) is 47.3 Å². The van der Waals surface area contributed by atoms with Gasteiger partial charge in [-0.1, -0.05) is 24.3 Å². The van der Waals surface area contributed by atoms with E-state index in [1.807, 2.05) is 32.0 Å². The number of carbonyl (C=O) groups excluding carboxylic acids is 1. The molecule has 0 saturated heterocycles. The molecule has 0 aliphatic carbocycles. The summed E-state index contributed by atoms with van der Waals surface area (Å²) in [6.45, 7) is 3.93. The maximum absolute atomic E-state index is 12.6. The number of aryl methyl sites for hydroxylation is 2. The van der Waals surface area contributed by atoms with Crippen LogP contribution in [0.3, 0.4) is 0 Å². The van der Waals surface area contributed by atoms with E-state index in [1.165, 1.54) is 7.11 Å². The van der Waals surface area contributed by atoms with Gasteiger partial charge in [-0.15, -0.1) is 0 Å². The number of ether oxygens (including phenoxy) is 1. The zero-order chi connectivity index (χ0) is 20.3. The number of pyridine rings is 1. The molecule has 28 heavy (non-hydrogen) atoms. The van der Waals surface area contributed by atoms with E-state index in [-0.39, 0.29) is 12.0 Å². The van der Waals surface area contributed by atoms with Crippen LogP contribution in [0.4, 0.5) is 5.69 Å². The van der Waals surface area contributed by atoms with E-state index < -0.39 is 11.8 Å². The lowest BCUT2D eigenvalue weighted by molar-refractivity contribution is -0.118. The lowest BCUT2D eigenvalue weighted by atomic mass is 9.98. The Morgan fingerprint density at radius 3 is 2.71 bits per heavy atom. The monoisotopic (exact) mass is 375 g/mol. The highest BCUT2D eigenvalue weighted by Crippen LogP contribution is 2.24. The number of aromatic nitrogens is 1. The number of fused-ring (bicyclic) bond motifs is 1. The third-order valence-electron chi connectivity index (χ3n) is 4.89. The van der Waals surface area contributed by atoms with Gasteiger partial charge in [0, 0.05) is 12.0 Å². The van der Waals surface area contributed by atoms with Gasteiger partial charge in [0.25, 0.3) is 5.56 Å². The molecule has 0 radical (unpaired) electrons. The Balaban J connectivity index is 1.87. The summed E-state index contributed by atoms with van der Waals surface area (Å²) >= 11 is 0. The summed E-state index contributed by atoms with van der Waals surface area (Å²) in [4.78, 5) is 28.0. The van der Waals surface area contributed by atoms with Gasteiger partial charge in [0.2, 0.25) is 5.91 Å². The van der Waals surface area contributed by atoms with Gasteiger partial charge in [-0.25, -0.2) is 0 Å². The Morgan fingerprint density at radius 1 is 1.25 bits per heavy atom. The van der Waals surface area contributed by atoms with Crippen LogP contribution in [0, 0.1) is 31.1 Å². The molecule has 0 unspecified atom stereocenters. The van der Waals surface area contributed by atoms with E-state index in [2.05, 4.69) is 10.3 Å². The van der Waals surface area contributed by atoms with Crippen LogP contribution in [0.1, 0.15) is 16.7 Å². The largest absolute Gasteiger partial charge is 0.495 e.